The average molecular weight is 382 g/mol. The minimum Gasteiger partial charge on any atom is -0.339 e. The summed E-state index contributed by atoms with van der Waals surface area (Å²) in [6, 6.07) is 8.12. The molecule has 0 aliphatic carbocycles. The zero-order chi connectivity index (χ0) is 18.7. The number of carbonyl (C=O) groups excluding carboxylic acids is 1. The molecule has 1 saturated heterocycles. The first-order valence-corrected chi connectivity index (χ1v) is 10.5. The number of nitrogens with zero attached hydrogens (tertiary/aromatic N) is 3. The Bertz CT molecular complexity index is 771. The molecule has 1 aliphatic rings. The summed E-state index contributed by atoms with van der Waals surface area (Å²) in [5.41, 5.74) is 0.141. The van der Waals surface area contributed by atoms with Crippen molar-refractivity contribution in [3.05, 3.63) is 29.8 Å². The SMILES string of the molecule is CC(C)(C)SCC(=O)N1CCN(S(=O)(=O)c2ccccc2C#N)CC1. The van der Waals surface area contributed by atoms with Gasteiger partial charge in [-0.15, -0.1) is 11.8 Å². The predicted octanol–water partition coefficient (Wildman–Crippen LogP) is 1.92. The van der Waals surface area contributed by atoms with Crippen molar-refractivity contribution < 1.29 is 13.2 Å². The Kier molecular flexibility index (Phi) is 6.14. The molecule has 0 unspecified atom stereocenters. The molecule has 0 spiro atoms. The standard InChI is InChI=1S/C17H23N3O3S2/c1-17(2,3)24-13-16(21)19-8-10-20(11-9-19)25(22,23)15-7-5-4-6-14(15)12-18/h4-7H,8-11,13H2,1-3H3. The van der Waals surface area contributed by atoms with E-state index in [9.17, 15) is 13.2 Å². The van der Waals surface area contributed by atoms with Crippen molar-refractivity contribution in [2.45, 2.75) is 30.4 Å². The molecule has 1 amide bonds. The van der Waals surface area contributed by atoms with Gasteiger partial charge in [0.25, 0.3) is 0 Å². The third-order valence-corrected chi connectivity index (χ3v) is 7.06. The zero-order valence-corrected chi connectivity index (χ0v) is 16.4. The minimum atomic E-state index is -3.72. The van der Waals surface area contributed by atoms with Crippen molar-refractivity contribution in [3.63, 3.8) is 0 Å². The fourth-order valence-electron chi connectivity index (χ4n) is 2.47. The van der Waals surface area contributed by atoms with Gasteiger partial charge in [-0.05, 0) is 12.1 Å². The number of rotatable bonds is 4. The lowest BCUT2D eigenvalue weighted by Crippen LogP contribution is -2.51. The lowest BCUT2D eigenvalue weighted by molar-refractivity contribution is -0.129. The van der Waals surface area contributed by atoms with E-state index in [2.05, 4.69) is 20.8 Å². The molecule has 0 saturated carbocycles. The Balaban J connectivity index is 2.02. The van der Waals surface area contributed by atoms with E-state index in [0.717, 1.165) is 0 Å². The number of thioether (sulfide) groups is 1. The second-order valence-corrected chi connectivity index (χ2v) is 10.5. The molecule has 1 aromatic carbocycles. The molecule has 1 aromatic rings. The first kappa shape index (κ1) is 19.8. The van der Waals surface area contributed by atoms with E-state index >= 15 is 0 Å². The highest BCUT2D eigenvalue weighted by molar-refractivity contribution is 8.01. The topological polar surface area (TPSA) is 81.5 Å². The van der Waals surface area contributed by atoms with Gasteiger partial charge in [0, 0.05) is 30.9 Å². The highest BCUT2D eigenvalue weighted by Crippen LogP contribution is 2.24. The highest BCUT2D eigenvalue weighted by Gasteiger charge is 2.31. The van der Waals surface area contributed by atoms with Crippen molar-refractivity contribution in [2.24, 2.45) is 0 Å². The molecular formula is C17H23N3O3S2. The van der Waals surface area contributed by atoms with Crippen LogP contribution in [0.2, 0.25) is 0 Å². The largest absolute Gasteiger partial charge is 0.339 e. The van der Waals surface area contributed by atoms with Gasteiger partial charge < -0.3 is 4.90 Å². The molecule has 0 aromatic heterocycles. The van der Waals surface area contributed by atoms with Gasteiger partial charge in [0.15, 0.2) is 0 Å². The summed E-state index contributed by atoms with van der Waals surface area (Å²) in [5, 5.41) is 9.13. The van der Waals surface area contributed by atoms with Crippen LogP contribution in [0.15, 0.2) is 29.2 Å². The first-order valence-electron chi connectivity index (χ1n) is 8.06. The summed E-state index contributed by atoms with van der Waals surface area (Å²) in [6.45, 7) is 7.41. The van der Waals surface area contributed by atoms with Crippen LogP contribution in [0.1, 0.15) is 26.3 Å². The molecule has 6 nitrogen and oxygen atoms in total. The van der Waals surface area contributed by atoms with E-state index in [-0.39, 0.29) is 34.2 Å². The van der Waals surface area contributed by atoms with Gasteiger partial charge >= 0.3 is 0 Å². The molecule has 0 atom stereocenters. The van der Waals surface area contributed by atoms with E-state index in [1.54, 1.807) is 28.8 Å². The molecule has 25 heavy (non-hydrogen) atoms. The number of amides is 1. The van der Waals surface area contributed by atoms with Gasteiger partial charge in [-0.25, -0.2) is 8.42 Å². The zero-order valence-electron chi connectivity index (χ0n) is 14.7. The fourth-order valence-corrected chi connectivity index (χ4v) is 4.77. The molecule has 1 fully saturated rings. The van der Waals surface area contributed by atoms with Gasteiger partial charge in [0.1, 0.15) is 6.07 Å². The second kappa shape index (κ2) is 7.77. The number of carbonyl (C=O) groups is 1. The van der Waals surface area contributed by atoms with Gasteiger partial charge in [-0.3, -0.25) is 4.79 Å². The normalized spacial score (nSPS) is 16.5. The summed E-state index contributed by atoms with van der Waals surface area (Å²) < 4.78 is 26.9. The maximum absolute atomic E-state index is 12.8. The van der Waals surface area contributed by atoms with Crippen LogP contribution in [0.4, 0.5) is 0 Å². The van der Waals surface area contributed by atoms with E-state index in [1.807, 2.05) is 6.07 Å². The number of hydrogen-bond donors (Lipinski definition) is 0. The van der Waals surface area contributed by atoms with Gasteiger partial charge in [-0.1, -0.05) is 32.9 Å². The van der Waals surface area contributed by atoms with E-state index < -0.39 is 10.0 Å². The summed E-state index contributed by atoms with van der Waals surface area (Å²) in [6.07, 6.45) is 0. The van der Waals surface area contributed by atoms with Crippen LogP contribution in [0, 0.1) is 11.3 Å². The van der Waals surface area contributed by atoms with Crippen LogP contribution in [-0.4, -0.2) is 60.2 Å². The van der Waals surface area contributed by atoms with Crippen LogP contribution in [-0.2, 0) is 14.8 Å². The summed E-state index contributed by atoms with van der Waals surface area (Å²) in [4.78, 5) is 14.0. The third-order valence-electron chi connectivity index (χ3n) is 3.85. The van der Waals surface area contributed by atoms with Crippen molar-refractivity contribution in [3.8, 4) is 6.07 Å². The molecule has 0 radical (unpaired) electrons. The summed E-state index contributed by atoms with van der Waals surface area (Å²) >= 11 is 1.58. The Morgan fingerprint density at radius 2 is 1.80 bits per heavy atom. The van der Waals surface area contributed by atoms with Crippen molar-refractivity contribution in [1.29, 1.82) is 5.26 Å². The lowest BCUT2D eigenvalue weighted by Gasteiger charge is -2.34. The monoisotopic (exact) mass is 381 g/mol. The van der Waals surface area contributed by atoms with Crippen LogP contribution in [0.3, 0.4) is 0 Å². The minimum absolute atomic E-state index is 0.0157. The van der Waals surface area contributed by atoms with Crippen LogP contribution >= 0.6 is 11.8 Å². The Morgan fingerprint density at radius 1 is 1.20 bits per heavy atom. The van der Waals surface area contributed by atoms with Crippen LogP contribution < -0.4 is 0 Å². The Labute approximate surface area is 153 Å². The molecule has 2 rings (SSSR count). The highest BCUT2D eigenvalue weighted by atomic mass is 32.2. The number of piperazine rings is 1. The van der Waals surface area contributed by atoms with E-state index in [4.69, 9.17) is 5.26 Å². The lowest BCUT2D eigenvalue weighted by atomic mass is 10.2. The summed E-state index contributed by atoms with van der Waals surface area (Å²) in [7, 11) is -3.72. The number of benzene rings is 1. The van der Waals surface area contributed by atoms with Gasteiger partial charge in [-0.2, -0.15) is 9.57 Å². The molecule has 1 aliphatic heterocycles. The number of hydrogen-bond acceptors (Lipinski definition) is 5. The second-order valence-electron chi connectivity index (χ2n) is 6.79. The van der Waals surface area contributed by atoms with Gasteiger partial charge in [0.2, 0.25) is 15.9 Å². The maximum Gasteiger partial charge on any atom is 0.244 e. The Hall–Kier alpha value is -1.56. The smallest absolute Gasteiger partial charge is 0.244 e. The quantitative estimate of drug-likeness (QED) is 0.796. The van der Waals surface area contributed by atoms with E-state index in [0.29, 0.717) is 18.8 Å². The maximum atomic E-state index is 12.8. The molecule has 1 heterocycles. The average Bonchev–Trinajstić information content (AvgIpc) is 2.59. The molecular weight excluding hydrogens is 358 g/mol. The third kappa shape index (κ3) is 4.97. The summed E-state index contributed by atoms with van der Waals surface area (Å²) in [5.74, 6) is 0.433. The molecule has 8 heteroatoms. The molecule has 0 N–H and O–H groups in total. The number of nitriles is 1. The number of sulfonamides is 1. The van der Waals surface area contributed by atoms with Crippen molar-refractivity contribution in [1.82, 2.24) is 9.21 Å². The van der Waals surface area contributed by atoms with Crippen LogP contribution in [0.5, 0.6) is 0 Å². The predicted molar refractivity (Wildman–Crippen MR) is 98.7 cm³/mol. The molecule has 136 valence electrons. The Morgan fingerprint density at radius 3 is 2.36 bits per heavy atom. The fraction of sp³-hybridized carbons (Fsp3) is 0.529. The van der Waals surface area contributed by atoms with Crippen LogP contribution in [0.25, 0.3) is 0 Å². The van der Waals surface area contributed by atoms with Crippen molar-refractivity contribution >= 4 is 27.7 Å². The molecule has 0 bridgehead atoms. The van der Waals surface area contributed by atoms with Gasteiger partial charge in [0.05, 0.1) is 16.2 Å². The van der Waals surface area contributed by atoms with Crippen molar-refractivity contribution in [2.75, 3.05) is 31.9 Å². The van der Waals surface area contributed by atoms with E-state index in [1.165, 1.54) is 16.4 Å². The first-order chi connectivity index (χ1) is 11.6.